The predicted octanol–water partition coefficient (Wildman–Crippen LogP) is 26.4. The maximum absolute atomic E-state index is 12.6. The Labute approximate surface area is 550 Å². The zero-order valence-electron chi connectivity index (χ0n) is 59.5. The first kappa shape index (κ1) is 85.8. The third kappa shape index (κ3) is 72.9. The molecule has 1 amide bonds. The summed E-state index contributed by atoms with van der Waals surface area (Å²) in [5, 5.41) is 23.4. The highest BCUT2D eigenvalue weighted by Gasteiger charge is 2.20. The van der Waals surface area contributed by atoms with Crippen LogP contribution in [-0.2, 0) is 14.3 Å². The Balaban J connectivity index is 3.37. The first-order chi connectivity index (χ1) is 43.5. The van der Waals surface area contributed by atoms with Crippen molar-refractivity contribution < 1.29 is 24.5 Å². The molecule has 0 saturated carbocycles. The molecule has 0 aliphatic carbocycles. The number of ether oxygens (including phenoxy) is 1. The van der Waals surface area contributed by atoms with E-state index in [0.29, 0.717) is 25.9 Å². The van der Waals surface area contributed by atoms with Gasteiger partial charge in [-0.25, -0.2) is 0 Å². The molecule has 88 heavy (non-hydrogen) atoms. The minimum Gasteiger partial charge on any atom is -0.466 e. The molecule has 0 radical (unpaired) electrons. The Morgan fingerprint density at radius 3 is 0.886 bits per heavy atom. The average Bonchev–Trinajstić information content (AvgIpc) is 3.58. The lowest BCUT2D eigenvalue weighted by molar-refractivity contribution is -0.143. The van der Waals surface area contributed by atoms with Gasteiger partial charge in [0.25, 0.3) is 0 Å². The van der Waals surface area contributed by atoms with Crippen molar-refractivity contribution in [2.45, 2.75) is 450 Å². The van der Waals surface area contributed by atoms with Gasteiger partial charge in [-0.1, -0.05) is 383 Å². The van der Waals surface area contributed by atoms with Crippen molar-refractivity contribution >= 4 is 11.9 Å². The molecule has 0 saturated heterocycles. The number of aliphatic hydroxyl groups is 2. The SMILES string of the molecule is CCCCC/C=C\C/C=C\CCCCCCCCCC(=O)OCCCCCCCCCCCCC/C=C\C/C=C\CCCCCCCCCCCCCCCCCCCC(=O)NC(CO)C(O)CCCCCCCCCCCCCCCCCCCCC. The van der Waals surface area contributed by atoms with E-state index in [2.05, 4.69) is 67.8 Å². The topological polar surface area (TPSA) is 95.9 Å². The first-order valence-corrected chi connectivity index (χ1v) is 39.9. The molecule has 0 aliphatic heterocycles. The van der Waals surface area contributed by atoms with E-state index in [9.17, 15) is 19.8 Å². The molecule has 0 rings (SSSR count). The first-order valence-electron chi connectivity index (χ1n) is 39.9. The molecule has 0 aliphatic rings. The summed E-state index contributed by atoms with van der Waals surface area (Å²) in [4.78, 5) is 24.7. The van der Waals surface area contributed by atoms with E-state index in [1.807, 2.05) is 0 Å². The summed E-state index contributed by atoms with van der Waals surface area (Å²) in [6.07, 6.45) is 102. The zero-order valence-corrected chi connectivity index (χ0v) is 59.5. The number of unbranched alkanes of at least 4 members (excludes halogenated alkanes) is 56. The lowest BCUT2D eigenvalue weighted by Gasteiger charge is -2.22. The Bertz CT molecular complexity index is 1470. The average molecular weight is 1240 g/mol. The Morgan fingerprint density at radius 1 is 0.318 bits per heavy atom. The van der Waals surface area contributed by atoms with Crippen LogP contribution in [0.2, 0.25) is 0 Å². The van der Waals surface area contributed by atoms with E-state index in [1.165, 1.54) is 347 Å². The Morgan fingerprint density at radius 2 is 0.568 bits per heavy atom. The zero-order chi connectivity index (χ0) is 63.5. The van der Waals surface area contributed by atoms with Gasteiger partial charge in [0, 0.05) is 12.8 Å². The molecular weight excluding hydrogens is 1080 g/mol. The van der Waals surface area contributed by atoms with Crippen LogP contribution in [0.5, 0.6) is 0 Å². The number of amides is 1. The summed E-state index contributed by atoms with van der Waals surface area (Å²) >= 11 is 0. The number of carbonyl (C=O) groups is 2. The van der Waals surface area contributed by atoms with Crippen LogP contribution in [0, 0.1) is 0 Å². The second-order valence-electron chi connectivity index (χ2n) is 27.4. The lowest BCUT2D eigenvalue weighted by atomic mass is 10.0. The van der Waals surface area contributed by atoms with Crippen LogP contribution in [-0.4, -0.2) is 47.4 Å². The molecule has 2 atom stereocenters. The van der Waals surface area contributed by atoms with Gasteiger partial charge in [0.2, 0.25) is 5.91 Å². The normalized spacial score (nSPS) is 12.7. The van der Waals surface area contributed by atoms with Crippen LogP contribution in [0.1, 0.15) is 438 Å². The maximum atomic E-state index is 12.6. The second-order valence-corrected chi connectivity index (χ2v) is 27.4. The highest BCUT2D eigenvalue weighted by atomic mass is 16.5. The van der Waals surface area contributed by atoms with E-state index in [1.54, 1.807) is 0 Å². The lowest BCUT2D eigenvalue weighted by Crippen LogP contribution is -2.45. The maximum Gasteiger partial charge on any atom is 0.305 e. The fourth-order valence-electron chi connectivity index (χ4n) is 12.5. The van der Waals surface area contributed by atoms with E-state index in [4.69, 9.17) is 4.74 Å². The van der Waals surface area contributed by atoms with Gasteiger partial charge in [0.05, 0.1) is 25.4 Å². The van der Waals surface area contributed by atoms with Crippen molar-refractivity contribution in [2.24, 2.45) is 0 Å². The van der Waals surface area contributed by atoms with Crippen LogP contribution in [0.25, 0.3) is 0 Å². The molecule has 0 aromatic heterocycles. The highest BCUT2D eigenvalue weighted by Crippen LogP contribution is 2.19. The van der Waals surface area contributed by atoms with Gasteiger partial charge < -0.3 is 20.3 Å². The molecule has 6 heteroatoms. The van der Waals surface area contributed by atoms with E-state index in [0.717, 1.165) is 57.8 Å². The molecule has 0 bridgehead atoms. The summed E-state index contributed by atoms with van der Waals surface area (Å²) in [6.45, 7) is 4.97. The second kappa shape index (κ2) is 77.3. The Kier molecular flexibility index (Phi) is 75.4. The molecule has 6 nitrogen and oxygen atoms in total. The number of nitrogens with one attached hydrogen (secondary N) is 1. The quantitative estimate of drug-likeness (QED) is 0.0320. The number of hydrogen-bond donors (Lipinski definition) is 3. The van der Waals surface area contributed by atoms with Crippen LogP contribution in [0.15, 0.2) is 48.6 Å². The van der Waals surface area contributed by atoms with Gasteiger partial charge in [-0.3, -0.25) is 9.59 Å². The fourth-order valence-corrected chi connectivity index (χ4v) is 12.5. The van der Waals surface area contributed by atoms with Crippen LogP contribution >= 0.6 is 0 Å². The molecular formula is C82H155NO5. The van der Waals surface area contributed by atoms with Crippen LogP contribution in [0.4, 0.5) is 0 Å². The number of esters is 1. The van der Waals surface area contributed by atoms with Crippen LogP contribution < -0.4 is 5.32 Å². The number of aliphatic hydroxyl groups excluding tert-OH is 2. The number of allylic oxidation sites excluding steroid dienone is 8. The number of rotatable bonds is 75. The smallest absolute Gasteiger partial charge is 0.305 e. The minimum atomic E-state index is -0.664. The number of hydrogen-bond acceptors (Lipinski definition) is 5. The van der Waals surface area contributed by atoms with Gasteiger partial charge in [0.15, 0.2) is 0 Å². The van der Waals surface area contributed by atoms with Gasteiger partial charge in [-0.2, -0.15) is 0 Å². The predicted molar refractivity (Wildman–Crippen MR) is 389 cm³/mol. The third-order valence-electron chi connectivity index (χ3n) is 18.6. The molecule has 0 fully saturated rings. The van der Waals surface area contributed by atoms with E-state index in [-0.39, 0.29) is 18.5 Å². The number of carbonyl (C=O) groups excluding carboxylic acids is 2. The van der Waals surface area contributed by atoms with Gasteiger partial charge >= 0.3 is 5.97 Å². The van der Waals surface area contributed by atoms with Crippen molar-refractivity contribution in [3.63, 3.8) is 0 Å². The molecule has 2 unspecified atom stereocenters. The molecule has 3 N–H and O–H groups in total. The summed E-state index contributed by atoms with van der Waals surface area (Å²) < 4.78 is 5.50. The van der Waals surface area contributed by atoms with E-state index >= 15 is 0 Å². The Hall–Kier alpha value is -2.18. The van der Waals surface area contributed by atoms with Gasteiger partial charge in [-0.05, 0) is 89.9 Å². The van der Waals surface area contributed by atoms with Gasteiger partial charge in [0.1, 0.15) is 0 Å². The monoisotopic (exact) mass is 1230 g/mol. The summed E-state index contributed by atoms with van der Waals surface area (Å²) in [7, 11) is 0. The van der Waals surface area contributed by atoms with Crippen molar-refractivity contribution in [3.8, 4) is 0 Å². The minimum absolute atomic E-state index is 0.00946. The van der Waals surface area contributed by atoms with Crippen molar-refractivity contribution in [1.29, 1.82) is 0 Å². The standard InChI is InChI=1S/C82H155NO5/c1-3-5-7-9-11-13-15-17-19-21-39-43-46-50-54-58-62-66-70-74-80(85)79(78-84)83-81(86)75-71-67-63-59-55-51-47-44-40-37-35-33-31-29-27-25-23-22-24-26-28-30-32-34-36-38-41-45-49-53-57-61-65-69-73-77-88-82(87)76-72-68-64-60-56-52-48-42-20-18-16-14-12-10-8-6-4-2/h12,14,18,20,24,26,30,32,79-80,84-85H,3-11,13,15-17,19,21-23,25,27-29,31,33-78H2,1-2H3,(H,83,86)/b14-12-,20-18-,26-24-,32-30-. The molecule has 0 spiro atoms. The van der Waals surface area contributed by atoms with Crippen molar-refractivity contribution in [3.05, 3.63) is 48.6 Å². The van der Waals surface area contributed by atoms with E-state index < -0.39 is 12.1 Å². The largest absolute Gasteiger partial charge is 0.466 e. The summed E-state index contributed by atoms with van der Waals surface area (Å²) in [6, 6.07) is -0.541. The summed E-state index contributed by atoms with van der Waals surface area (Å²) in [5.74, 6) is -0.0190. The summed E-state index contributed by atoms with van der Waals surface area (Å²) in [5.41, 5.74) is 0. The molecule has 0 aromatic rings. The molecule has 0 aromatic carbocycles. The van der Waals surface area contributed by atoms with Crippen molar-refractivity contribution in [1.82, 2.24) is 5.32 Å². The molecule has 0 heterocycles. The molecule has 518 valence electrons. The highest BCUT2D eigenvalue weighted by molar-refractivity contribution is 5.76. The fraction of sp³-hybridized carbons (Fsp3) is 0.878. The third-order valence-corrected chi connectivity index (χ3v) is 18.6. The van der Waals surface area contributed by atoms with Crippen molar-refractivity contribution in [2.75, 3.05) is 13.2 Å². The van der Waals surface area contributed by atoms with Crippen LogP contribution in [0.3, 0.4) is 0 Å². The van der Waals surface area contributed by atoms with Gasteiger partial charge in [-0.15, -0.1) is 0 Å².